The third-order valence-electron chi connectivity index (χ3n) is 1.84. The van der Waals surface area contributed by atoms with Gasteiger partial charge in [-0.1, -0.05) is 0 Å². The van der Waals surface area contributed by atoms with Gasteiger partial charge in [-0.15, -0.1) is 0 Å². The topological polar surface area (TPSA) is 40.6 Å². The molecule has 76 valence electrons. The Hall–Kier alpha value is -0.810. The Morgan fingerprint density at radius 3 is 3.29 bits per heavy atom. The van der Waals surface area contributed by atoms with Gasteiger partial charge in [0.05, 0.1) is 6.61 Å². The van der Waals surface area contributed by atoms with E-state index >= 15 is 0 Å². The molecule has 1 atom stereocenters. The van der Waals surface area contributed by atoms with Crippen molar-refractivity contribution in [2.45, 2.75) is 6.10 Å². The normalized spacial score (nSPS) is 19.4. The Labute approximate surface area is 90.3 Å². The third-order valence-corrected chi connectivity index (χ3v) is 2.29. The maximum atomic E-state index is 5.59. The fourth-order valence-electron chi connectivity index (χ4n) is 1.25. The molecule has 2 rings (SSSR count). The highest BCUT2D eigenvalue weighted by molar-refractivity contribution is 9.10. The second-order valence-corrected chi connectivity index (χ2v) is 3.76. The number of methoxy groups -OCH3 is 1. The van der Waals surface area contributed by atoms with Crippen molar-refractivity contribution in [2.75, 3.05) is 20.3 Å². The Morgan fingerprint density at radius 1 is 1.64 bits per heavy atom. The summed E-state index contributed by atoms with van der Waals surface area (Å²) in [6.07, 6.45) is -0.0459. The molecule has 1 aromatic heterocycles. The van der Waals surface area contributed by atoms with Gasteiger partial charge in [0.1, 0.15) is 11.2 Å². The summed E-state index contributed by atoms with van der Waals surface area (Å²) >= 11 is 3.26. The largest absolute Gasteiger partial charge is 0.479 e. The van der Waals surface area contributed by atoms with Crippen molar-refractivity contribution in [3.63, 3.8) is 0 Å². The van der Waals surface area contributed by atoms with Gasteiger partial charge in [-0.25, -0.2) is 4.98 Å². The SMILES string of the molecule is COCC1COc2nc(Br)ccc2O1. The zero-order valence-corrected chi connectivity index (χ0v) is 9.28. The van der Waals surface area contributed by atoms with Gasteiger partial charge in [0.15, 0.2) is 11.9 Å². The molecule has 1 aromatic rings. The molecule has 0 aliphatic carbocycles. The Kier molecular flexibility index (Phi) is 2.88. The summed E-state index contributed by atoms with van der Waals surface area (Å²) in [5.74, 6) is 1.20. The van der Waals surface area contributed by atoms with Crippen molar-refractivity contribution in [1.29, 1.82) is 0 Å². The maximum absolute atomic E-state index is 5.59. The molecule has 0 saturated carbocycles. The van der Waals surface area contributed by atoms with Crippen LogP contribution < -0.4 is 9.47 Å². The van der Waals surface area contributed by atoms with Gasteiger partial charge >= 0.3 is 0 Å². The second-order valence-electron chi connectivity index (χ2n) is 2.94. The molecule has 1 aliphatic heterocycles. The zero-order valence-electron chi connectivity index (χ0n) is 7.70. The number of aromatic nitrogens is 1. The van der Waals surface area contributed by atoms with Gasteiger partial charge in [0.2, 0.25) is 0 Å². The van der Waals surface area contributed by atoms with E-state index in [1.54, 1.807) is 7.11 Å². The van der Waals surface area contributed by atoms with Crippen LogP contribution in [-0.4, -0.2) is 31.4 Å². The number of hydrogen-bond acceptors (Lipinski definition) is 4. The minimum absolute atomic E-state index is 0.0459. The number of pyridine rings is 1. The van der Waals surface area contributed by atoms with E-state index in [-0.39, 0.29) is 6.10 Å². The first-order chi connectivity index (χ1) is 6.79. The van der Waals surface area contributed by atoms with Crippen molar-refractivity contribution in [1.82, 2.24) is 4.98 Å². The monoisotopic (exact) mass is 259 g/mol. The van der Waals surface area contributed by atoms with Crippen LogP contribution in [-0.2, 0) is 4.74 Å². The molecule has 0 N–H and O–H groups in total. The molecule has 0 amide bonds. The average molecular weight is 260 g/mol. The highest BCUT2D eigenvalue weighted by atomic mass is 79.9. The molecule has 0 aromatic carbocycles. The van der Waals surface area contributed by atoms with Gasteiger partial charge in [-0.05, 0) is 28.1 Å². The van der Waals surface area contributed by atoms with Crippen LogP contribution in [0.3, 0.4) is 0 Å². The van der Waals surface area contributed by atoms with Crippen LogP contribution >= 0.6 is 15.9 Å². The number of ether oxygens (including phenoxy) is 3. The molecule has 2 heterocycles. The van der Waals surface area contributed by atoms with Crippen LogP contribution in [0, 0.1) is 0 Å². The Bertz CT molecular complexity index is 332. The number of fused-ring (bicyclic) bond motifs is 1. The average Bonchev–Trinajstić information content (AvgIpc) is 2.19. The molecule has 1 aliphatic rings. The van der Waals surface area contributed by atoms with Gasteiger partial charge < -0.3 is 14.2 Å². The molecule has 4 nitrogen and oxygen atoms in total. The lowest BCUT2D eigenvalue weighted by Crippen LogP contribution is -2.33. The first-order valence-corrected chi connectivity index (χ1v) is 5.04. The summed E-state index contributed by atoms with van der Waals surface area (Å²) in [6, 6.07) is 3.64. The van der Waals surface area contributed by atoms with Crippen LogP contribution in [0.2, 0.25) is 0 Å². The molecule has 14 heavy (non-hydrogen) atoms. The molecule has 0 spiro atoms. The number of rotatable bonds is 2. The molecule has 0 saturated heterocycles. The van der Waals surface area contributed by atoms with E-state index in [1.165, 1.54) is 0 Å². The van der Waals surface area contributed by atoms with Crippen LogP contribution in [0.25, 0.3) is 0 Å². The molecule has 0 radical (unpaired) electrons. The molecule has 5 heteroatoms. The molecule has 0 bridgehead atoms. The lowest BCUT2D eigenvalue weighted by Gasteiger charge is -2.24. The van der Waals surface area contributed by atoms with Gasteiger partial charge in [-0.3, -0.25) is 0 Å². The molecular formula is C9H10BrNO3. The predicted molar refractivity (Wildman–Crippen MR) is 53.7 cm³/mol. The Morgan fingerprint density at radius 2 is 2.50 bits per heavy atom. The van der Waals surface area contributed by atoms with Gasteiger partial charge in [-0.2, -0.15) is 0 Å². The molecule has 1 unspecified atom stereocenters. The second kappa shape index (κ2) is 4.14. The van der Waals surface area contributed by atoms with Crippen LogP contribution in [0.1, 0.15) is 0 Å². The highest BCUT2D eigenvalue weighted by Gasteiger charge is 2.21. The van der Waals surface area contributed by atoms with Crippen LogP contribution in [0.5, 0.6) is 11.6 Å². The fourth-order valence-corrected chi connectivity index (χ4v) is 1.54. The number of hydrogen-bond donors (Lipinski definition) is 0. The molecule has 0 fully saturated rings. The van der Waals surface area contributed by atoms with Crippen LogP contribution in [0.15, 0.2) is 16.7 Å². The van der Waals surface area contributed by atoms with E-state index in [4.69, 9.17) is 14.2 Å². The zero-order chi connectivity index (χ0) is 9.97. The predicted octanol–water partition coefficient (Wildman–Crippen LogP) is 1.63. The minimum atomic E-state index is -0.0459. The number of nitrogens with zero attached hydrogens (tertiary/aromatic N) is 1. The van der Waals surface area contributed by atoms with Crippen molar-refractivity contribution in [3.8, 4) is 11.6 Å². The van der Waals surface area contributed by atoms with Crippen molar-refractivity contribution >= 4 is 15.9 Å². The maximum Gasteiger partial charge on any atom is 0.258 e. The standard InChI is InChI=1S/C9H10BrNO3/c1-12-4-6-5-13-9-7(14-6)2-3-8(10)11-9/h2-3,6H,4-5H2,1H3. The third kappa shape index (κ3) is 1.99. The van der Waals surface area contributed by atoms with E-state index in [1.807, 2.05) is 12.1 Å². The molecular weight excluding hydrogens is 250 g/mol. The fraction of sp³-hybridized carbons (Fsp3) is 0.444. The van der Waals surface area contributed by atoms with Crippen molar-refractivity contribution in [2.24, 2.45) is 0 Å². The summed E-state index contributed by atoms with van der Waals surface area (Å²) in [4.78, 5) is 4.14. The summed E-state index contributed by atoms with van der Waals surface area (Å²) in [7, 11) is 1.64. The van der Waals surface area contributed by atoms with E-state index in [0.29, 0.717) is 24.8 Å². The summed E-state index contributed by atoms with van der Waals surface area (Å²) in [5.41, 5.74) is 0. The smallest absolute Gasteiger partial charge is 0.258 e. The Balaban J connectivity index is 2.15. The first kappa shape index (κ1) is 9.73. The van der Waals surface area contributed by atoms with E-state index in [9.17, 15) is 0 Å². The summed E-state index contributed by atoms with van der Waals surface area (Å²) < 4.78 is 16.7. The summed E-state index contributed by atoms with van der Waals surface area (Å²) in [5, 5.41) is 0. The summed E-state index contributed by atoms with van der Waals surface area (Å²) in [6.45, 7) is 1.000. The van der Waals surface area contributed by atoms with E-state index in [0.717, 1.165) is 4.60 Å². The van der Waals surface area contributed by atoms with Gasteiger partial charge in [0, 0.05) is 7.11 Å². The van der Waals surface area contributed by atoms with E-state index < -0.39 is 0 Å². The quantitative estimate of drug-likeness (QED) is 0.758. The van der Waals surface area contributed by atoms with Crippen molar-refractivity contribution in [3.05, 3.63) is 16.7 Å². The van der Waals surface area contributed by atoms with Gasteiger partial charge in [0.25, 0.3) is 5.88 Å². The lowest BCUT2D eigenvalue weighted by atomic mass is 10.3. The first-order valence-electron chi connectivity index (χ1n) is 4.24. The highest BCUT2D eigenvalue weighted by Crippen LogP contribution is 2.30. The minimum Gasteiger partial charge on any atom is -0.479 e. The van der Waals surface area contributed by atoms with Crippen molar-refractivity contribution < 1.29 is 14.2 Å². The van der Waals surface area contributed by atoms with Crippen LogP contribution in [0.4, 0.5) is 0 Å². The lowest BCUT2D eigenvalue weighted by molar-refractivity contribution is 0.0245. The number of halogens is 1. The van der Waals surface area contributed by atoms with E-state index in [2.05, 4.69) is 20.9 Å².